The Balaban J connectivity index is 4.15. The summed E-state index contributed by atoms with van der Waals surface area (Å²) in [5, 5.41) is 0. The summed E-state index contributed by atoms with van der Waals surface area (Å²) >= 11 is 0. The quantitative estimate of drug-likeness (QED) is 0.460. The summed E-state index contributed by atoms with van der Waals surface area (Å²) in [6.45, 7) is 7.57. The van der Waals surface area contributed by atoms with Crippen LogP contribution in [0.4, 0.5) is 8.78 Å². The number of hydrogen-bond acceptors (Lipinski definition) is 1. The molecule has 0 fully saturated rings. The smallest absolute Gasteiger partial charge is 0.276 e. The van der Waals surface area contributed by atoms with Crippen molar-refractivity contribution in [3.05, 3.63) is 12.2 Å². The van der Waals surface area contributed by atoms with Crippen molar-refractivity contribution in [2.24, 2.45) is 10.9 Å². The lowest BCUT2D eigenvalue weighted by Gasteiger charge is -2.10. The first-order valence-corrected chi connectivity index (χ1v) is 3.90. The maximum Gasteiger partial charge on any atom is 0.276 e. The average Bonchev–Trinajstić information content (AvgIpc) is 1.98. The van der Waals surface area contributed by atoms with Crippen molar-refractivity contribution in [2.75, 3.05) is 7.05 Å². The zero-order valence-electron chi connectivity index (χ0n) is 7.77. The molecule has 0 rings (SSSR count). The van der Waals surface area contributed by atoms with Crippen molar-refractivity contribution in [3.63, 3.8) is 0 Å². The summed E-state index contributed by atoms with van der Waals surface area (Å²) in [6, 6.07) is 0. The van der Waals surface area contributed by atoms with Gasteiger partial charge in [-0.1, -0.05) is 26.0 Å². The molecule has 0 aliphatic carbocycles. The molecule has 0 N–H and O–H groups in total. The Labute approximate surface area is 72.2 Å². The van der Waals surface area contributed by atoms with E-state index in [2.05, 4.69) is 11.6 Å². The van der Waals surface area contributed by atoms with E-state index in [1.807, 2.05) is 13.8 Å². The minimum absolute atomic E-state index is 0.0753. The number of allylic oxidation sites excluding steroid dienone is 1. The average molecular weight is 175 g/mol. The Morgan fingerprint density at radius 1 is 1.42 bits per heavy atom. The zero-order chi connectivity index (χ0) is 9.72. The van der Waals surface area contributed by atoms with Crippen LogP contribution in [0.5, 0.6) is 0 Å². The highest BCUT2D eigenvalue weighted by molar-refractivity contribution is 5.89. The van der Waals surface area contributed by atoms with Crippen LogP contribution in [0.25, 0.3) is 0 Å². The van der Waals surface area contributed by atoms with E-state index >= 15 is 0 Å². The van der Waals surface area contributed by atoms with Crippen LogP contribution in [0.1, 0.15) is 20.3 Å². The fourth-order valence-corrected chi connectivity index (χ4v) is 0.691. The Bertz CT molecular complexity index is 183. The van der Waals surface area contributed by atoms with E-state index in [9.17, 15) is 8.78 Å². The lowest BCUT2D eigenvalue weighted by molar-refractivity contribution is 0.223. The van der Waals surface area contributed by atoms with Crippen LogP contribution < -0.4 is 0 Å². The summed E-state index contributed by atoms with van der Waals surface area (Å²) < 4.78 is 24.3. The molecule has 0 spiro atoms. The third kappa shape index (κ3) is 3.60. The van der Waals surface area contributed by atoms with E-state index in [0.717, 1.165) is 5.57 Å². The maximum absolute atomic E-state index is 12.2. The number of alkyl halides is 2. The highest BCUT2D eigenvalue weighted by Crippen LogP contribution is 2.14. The second-order valence-electron chi connectivity index (χ2n) is 3.01. The summed E-state index contributed by atoms with van der Waals surface area (Å²) in [7, 11) is 1.38. The lowest BCUT2D eigenvalue weighted by Crippen LogP contribution is -2.12. The zero-order valence-corrected chi connectivity index (χ0v) is 7.77. The molecule has 0 heterocycles. The molecule has 12 heavy (non-hydrogen) atoms. The van der Waals surface area contributed by atoms with Gasteiger partial charge in [0.1, 0.15) is 0 Å². The Kier molecular flexibility index (Phi) is 4.71. The molecule has 70 valence electrons. The second kappa shape index (κ2) is 5.01. The van der Waals surface area contributed by atoms with Gasteiger partial charge in [0, 0.05) is 13.5 Å². The van der Waals surface area contributed by atoms with Crippen LogP contribution in [0.15, 0.2) is 17.1 Å². The van der Waals surface area contributed by atoms with E-state index in [4.69, 9.17) is 0 Å². The van der Waals surface area contributed by atoms with Crippen LogP contribution in [0.3, 0.4) is 0 Å². The van der Waals surface area contributed by atoms with Crippen molar-refractivity contribution < 1.29 is 8.78 Å². The molecule has 0 aliphatic heterocycles. The van der Waals surface area contributed by atoms with E-state index < -0.39 is 6.43 Å². The maximum atomic E-state index is 12.2. The first kappa shape index (κ1) is 11.3. The van der Waals surface area contributed by atoms with Gasteiger partial charge in [-0.3, -0.25) is 4.99 Å². The Hall–Kier alpha value is -0.730. The van der Waals surface area contributed by atoms with Gasteiger partial charge >= 0.3 is 0 Å². The molecule has 1 nitrogen and oxygen atoms in total. The molecular formula is C9H15F2N. The summed E-state index contributed by atoms with van der Waals surface area (Å²) in [4.78, 5) is 3.52. The topological polar surface area (TPSA) is 12.4 Å². The van der Waals surface area contributed by atoms with Gasteiger partial charge in [-0.2, -0.15) is 0 Å². The van der Waals surface area contributed by atoms with Crippen LogP contribution in [0.2, 0.25) is 0 Å². The molecule has 0 amide bonds. The standard InChI is InChI=1S/C9H15F2N/c1-6(2)7(3)5-8(12-4)9(10)11/h6,9H,3,5H2,1-2,4H3. The molecule has 0 aromatic heterocycles. The Morgan fingerprint density at radius 2 is 1.92 bits per heavy atom. The third-order valence-electron chi connectivity index (χ3n) is 1.76. The number of nitrogens with zero attached hydrogens (tertiary/aromatic N) is 1. The fourth-order valence-electron chi connectivity index (χ4n) is 0.691. The molecule has 0 radical (unpaired) electrons. The molecule has 0 saturated carbocycles. The molecule has 3 heteroatoms. The van der Waals surface area contributed by atoms with Gasteiger partial charge in [0.25, 0.3) is 6.43 Å². The highest BCUT2D eigenvalue weighted by atomic mass is 19.3. The van der Waals surface area contributed by atoms with Crippen LogP contribution in [-0.4, -0.2) is 19.2 Å². The van der Waals surface area contributed by atoms with Crippen molar-refractivity contribution in [1.82, 2.24) is 0 Å². The predicted molar refractivity (Wildman–Crippen MR) is 48.0 cm³/mol. The van der Waals surface area contributed by atoms with Gasteiger partial charge in [-0.05, 0) is 5.92 Å². The first-order chi connectivity index (χ1) is 5.49. The molecule has 0 aromatic carbocycles. The van der Waals surface area contributed by atoms with E-state index in [-0.39, 0.29) is 18.1 Å². The minimum atomic E-state index is -2.45. The molecule has 0 aromatic rings. The summed E-state index contributed by atoms with van der Waals surface area (Å²) in [6.07, 6.45) is -2.24. The Morgan fingerprint density at radius 3 is 2.17 bits per heavy atom. The van der Waals surface area contributed by atoms with Crippen LogP contribution in [-0.2, 0) is 0 Å². The van der Waals surface area contributed by atoms with E-state index in [0.29, 0.717) is 0 Å². The van der Waals surface area contributed by atoms with Gasteiger partial charge in [-0.15, -0.1) is 0 Å². The molecule has 0 aliphatic rings. The van der Waals surface area contributed by atoms with E-state index in [1.165, 1.54) is 7.05 Å². The van der Waals surface area contributed by atoms with Crippen molar-refractivity contribution in [1.29, 1.82) is 0 Å². The predicted octanol–water partition coefficient (Wildman–Crippen LogP) is 2.92. The number of aliphatic imine (C=N–C) groups is 1. The van der Waals surface area contributed by atoms with E-state index in [1.54, 1.807) is 0 Å². The van der Waals surface area contributed by atoms with Gasteiger partial charge < -0.3 is 0 Å². The highest BCUT2D eigenvalue weighted by Gasteiger charge is 2.14. The molecule has 0 saturated heterocycles. The van der Waals surface area contributed by atoms with Crippen molar-refractivity contribution in [2.45, 2.75) is 26.7 Å². The number of rotatable bonds is 4. The third-order valence-corrected chi connectivity index (χ3v) is 1.76. The monoisotopic (exact) mass is 175 g/mol. The number of halogens is 2. The fraction of sp³-hybridized carbons (Fsp3) is 0.667. The summed E-state index contributed by atoms with van der Waals surface area (Å²) in [5.41, 5.74) is 0.726. The van der Waals surface area contributed by atoms with Gasteiger partial charge in [0.2, 0.25) is 0 Å². The van der Waals surface area contributed by atoms with Gasteiger partial charge in [-0.25, -0.2) is 8.78 Å². The summed E-state index contributed by atoms with van der Waals surface area (Å²) in [5.74, 6) is 0.237. The molecule has 0 bridgehead atoms. The normalized spacial score (nSPS) is 12.8. The first-order valence-electron chi connectivity index (χ1n) is 3.90. The largest absolute Gasteiger partial charge is 0.291 e. The van der Waals surface area contributed by atoms with Crippen molar-refractivity contribution >= 4 is 5.71 Å². The number of hydrogen-bond donors (Lipinski definition) is 0. The van der Waals surface area contributed by atoms with Gasteiger partial charge in [0.15, 0.2) is 0 Å². The van der Waals surface area contributed by atoms with Gasteiger partial charge in [0.05, 0.1) is 5.71 Å². The SMILES string of the molecule is C=C(CC(=NC)C(F)F)C(C)C. The van der Waals surface area contributed by atoms with Crippen LogP contribution >= 0.6 is 0 Å². The minimum Gasteiger partial charge on any atom is -0.291 e. The molecule has 0 unspecified atom stereocenters. The van der Waals surface area contributed by atoms with Crippen LogP contribution in [0, 0.1) is 5.92 Å². The molecule has 0 atom stereocenters. The second-order valence-corrected chi connectivity index (χ2v) is 3.01. The van der Waals surface area contributed by atoms with Crippen molar-refractivity contribution in [3.8, 4) is 0 Å². The lowest BCUT2D eigenvalue weighted by atomic mass is 9.99. The molecular weight excluding hydrogens is 160 g/mol.